The number of aryl methyl sites for hydroxylation is 1. The van der Waals surface area contributed by atoms with Crippen molar-refractivity contribution in [2.45, 2.75) is 19.8 Å². The van der Waals surface area contributed by atoms with Crippen LogP contribution in [-0.2, 0) is 4.79 Å². The van der Waals surface area contributed by atoms with Gasteiger partial charge in [0.15, 0.2) is 0 Å². The van der Waals surface area contributed by atoms with Crippen molar-refractivity contribution in [3.8, 4) is 5.75 Å². The van der Waals surface area contributed by atoms with Gasteiger partial charge in [-0.25, -0.2) is 4.98 Å². The Kier molecular flexibility index (Phi) is 3.18. The molecule has 1 unspecified atom stereocenters. The number of amides is 1. The lowest BCUT2D eigenvalue weighted by Gasteiger charge is -2.25. The van der Waals surface area contributed by atoms with Crippen LogP contribution >= 0.6 is 0 Å². The van der Waals surface area contributed by atoms with Gasteiger partial charge in [0.25, 0.3) is 0 Å². The molecule has 0 aliphatic carbocycles. The van der Waals surface area contributed by atoms with Crippen LogP contribution in [0.15, 0.2) is 24.3 Å². The van der Waals surface area contributed by atoms with Crippen molar-refractivity contribution in [2.24, 2.45) is 5.41 Å². The number of pyridine rings is 1. The van der Waals surface area contributed by atoms with Crippen LogP contribution in [0, 0.1) is 12.3 Å². The highest BCUT2D eigenvalue weighted by atomic mass is 16.5. The lowest BCUT2D eigenvalue weighted by Crippen LogP contribution is -2.29. The normalized spacial score (nSPS) is 23.7. The molecule has 1 amide bonds. The molecule has 0 bridgehead atoms. The zero-order chi connectivity index (χ0) is 16.0. The van der Waals surface area contributed by atoms with Crippen molar-refractivity contribution in [3.05, 3.63) is 30.0 Å². The summed E-state index contributed by atoms with van der Waals surface area (Å²) in [6.07, 6.45) is 1.70. The predicted octanol–water partition coefficient (Wildman–Crippen LogP) is 2.27. The number of anilines is 1. The molecule has 2 aliphatic rings. The van der Waals surface area contributed by atoms with Gasteiger partial charge in [0.2, 0.25) is 5.91 Å². The topological polar surface area (TPSA) is 54.5 Å². The number of hydrogen-bond acceptors (Lipinski definition) is 4. The van der Waals surface area contributed by atoms with Crippen molar-refractivity contribution in [1.29, 1.82) is 0 Å². The molecular weight excluding hydrogens is 290 g/mol. The van der Waals surface area contributed by atoms with E-state index in [4.69, 9.17) is 4.74 Å². The van der Waals surface area contributed by atoms with E-state index in [1.54, 1.807) is 7.11 Å². The summed E-state index contributed by atoms with van der Waals surface area (Å²) in [6, 6.07) is 8.20. The predicted molar refractivity (Wildman–Crippen MR) is 89.9 cm³/mol. The number of carbonyl (C=O) groups is 1. The molecule has 2 aromatic rings. The fourth-order valence-electron chi connectivity index (χ4n) is 3.94. The van der Waals surface area contributed by atoms with E-state index in [0.29, 0.717) is 6.42 Å². The second kappa shape index (κ2) is 5.11. The molecule has 1 atom stereocenters. The third-order valence-electron chi connectivity index (χ3n) is 5.10. The van der Waals surface area contributed by atoms with Crippen molar-refractivity contribution in [1.82, 2.24) is 10.3 Å². The number of carbonyl (C=O) groups excluding carboxylic acids is 1. The van der Waals surface area contributed by atoms with Crippen LogP contribution in [0.5, 0.6) is 5.75 Å². The number of para-hydroxylation sites is 1. The van der Waals surface area contributed by atoms with E-state index < -0.39 is 0 Å². The Bertz CT molecular complexity index is 789. The summed E-state index contributed by atoms with van der Waals surface area (Å²) in [6.45, 7) is 4.71. The van der Waals surface area contributed by atoms with Crippen LogP contribution in [0.4, 0.5) is 5.69 Å². The van der Waals surface area contributed by atoms with Crippen LogP contribution in [0.3, 0.4) is 0 Å². The molecule has 0 saturated carbocycles. The SMILES string of the molecule is COc1cccc2c(N3CCC4(CNC(=O)C4)C3)cc(C)nc12. The number of aromatic nitrogens is 1. The smallest absolute Gasteiger partial charge is 0.220 e. The summed E-state index contributed by atoms with van der Waals surface area (Å²) in [5, 5.41) is 4.11. The Morgan fingerprint density at radius 1 is 1.39 bits per heavy atom. The molecule has 5 heteroatoms. The Labute approximate surface area is 135 Å². The molecular formula is C18H21N3O2. The molecule has 2 aliphatic heterocycles. The molecule has 0 radical (unpaired) electrons. The van der Waals surface area contributed by atoms with Crippen molar-refractivity contribution >= 4 is 22.5 Å². The van der Waals surface area contributed by atoms with Crippen LogP contribution in [0.2, 0.25) is 0 Å². The maximum absolute atomic E-state index is 11.6. The number of ether oxygens (including phenoxy) is 1. The third kappa shape index (κ3) is 2.31. The molecule has 3 heterocycles. The fourth-order valence-corrected chi connectivity index (χ4v) is 3.94. The first kappa shape index (κ1) is 14.3. The monoisotopic (exact) mass is 311 g/mol. The highest BCUT2D eigenvalue weighted by Crippen LogP contribution is 2.41. The van der Waals surface area contributed by atoms with E-state index in [0.717, 1.165) is 48.4 Å². The van der Waals surface area contributed by atoms with E-state index >= 15 is 0 Å². The maximum Gasteiger partial charge on any atom is 0.220 e. The van der Waals surface area contributed by atoms with Gasteiger partial charge in [0.1, 0.15) is 11.3 Å². The highest BCUT2D eigenvalue weighted by Gasteiger charge is 2.44. The van der Waals surface area contributed by atoms with E-state index in [1.165, 1.54) is 5.69 Å². The number of rotatable bonds is 2. The van der Waals surface area contributed by atoms with Crippen LogP contribution < -0.4 is 15.0 Å². The molecule has 4 rings (SSSR count). The largest absolute Gasteiger partial charge is 0.494 e. The lowest BCUT2D eigenvalue weighted by molar-refractivity contribution is -0.119. The lowest BCUT2D eigenvalue weighted by atomic mass is 9.86. The molecule has 1 spiro atoms. The highest BCUT2D eigenvalue weighted by molar-refractivity contribution is 5.95. The van der Waals surface area contributed by atoms with Gasteiger partial charge in [-0.15, -0.1) is 0 Å². The van der Waals surface area contributed by atoms with Gasteiger partial charge >= 0.3 is 0 Å². The molecule has 2 saturated heterocycles. The number of nitrogens with one attached hydrogen (secondary N) is 1. The summed E-state index contributed by atoms with van der Waals surface area (Å²) >= 11 is 0. The van der Waals surface area contributed by atoms with Crippen LogP contribution in [-0.4, -0.2) is 37.6 Å². The second-order valence-corrected chi connectivity index (χ2v) is 6.76. The third-order valence-corrected chi connectivity index (χ3v) is 5.10. The molecule has 2 fully saturated rings. The molecule has 120 valence electrons. The zero-order valence-electron chi connectivity index (χ0n) is 13.6. The number of benzene rings is 1. The van der Waals surface area contributed by atoms with Gasteiger partial charge < -0.3 is 15.0 Å². The average molecular weight is 311 g/mol. The second-order valence-electron chi connectivity index (χ2n) is 6.76. The quantitative estimate of drug-likeness (QED) is 0.924. The van der Waals surface area contributed by atoms with Gasteiger partial charge in [-0.2, -0.15) is 0 Å². The minimum atomic E-state index is 0.0967. The van der Waals surface area contributed by atoms with Gasteiger partial charge in [-0.05, 0) is 25.5 Å². The zero-order valence-corrected chi connectivity index (χ0v) is 13.6. The number of nitrogens with zero attached hydrogens (tertiary/aromatic N) is 2. The van der Waals surface area contributed by atoms with Gasteiger partial charge in [0.05, 0.1) is 7.11 Å². The van der Waals surface area contributed by atoms with Crippen molar-refractivity contribution in [3.63, 3.8) is 0 Å². The summed E-state index contributed by atoms with van der Waals surface area (Å²) in [5.74, 6) is 0.989. The van der Waals surface area contributed by atoms with Gasteiger partial charge in [0, 0.05) is 48.2 Å². The molecule has 23 heavy (non-hydrogen) atoms. The first-order valence-corrected chi connectivity index (χ1v) is 8.06. The standard InChI is InChI=1S/C18H21N3O2/c1-12-8-14(13-4-3-5-15(23-2)17(13)20-12)21-7-6-18(11-21)9-16(22)19-10-18/h3-5,8H,6-7,9-11H2,1-2H3,(H,19,22). The van der Waals surface area contributed by atoms with Crippen molar-refractivity contribution < 1.29 is 9.53 Å². The van der Waals surface area contributed by atoms with Gasteiger partial charge in [-0.3, -0.25) is 4.79 Å². The maximum atomic E-state index is 11.6. The van der Waals surface area contributed by atoms with Crippen LogP contribution in [0.1, 0.15) is 18.5 Å². The fraction of sp³-hybridized carbons (Fsp3) is 0.444. The Balaban J connectivity index is 1.76. The molecule has 1 N–H and O–H groups in total. The molecule has 1 aromatic carbocycles. The van der Waals surface area contributed by atoms with Crippen molar-refractivity contribution in [2.75, 3.05) is 31.6 Å². The molecule has 5 nitrogen and oxygen atoms in total. The molecule has 1 aromatic heterocycles. The minimum absolute atomic E-state index is 0.0967. The average Bonchev–Trinajstić information content (AvgIpc) is 3.12. The Morgan fingerprint density at radius 3 is 3.00 bits per heavy atom. The van der Waals surface area contributed by atoms with E-state index in [-0.39, 0.29) is 11.3 Å². The van der Waals surface area contributed by atoms with Gasteiger partial charge in [-0.1, -0.05) is 12.1 Å². The number of hydrogen-bond donors (Lipinski definition) is 1. The Hall–Kier alpha value is -2.30. The summed E-state index contributed by atoms with van der Waals surface area (Å²) < 4.78 is 5.47. The van der Waals surface area contributed by atoms with Crippen LogP contribution in [0.25, 0.3) is 10.9 Å². The number of methoxy groups -OCH3 is 1. The van der Waals surface area contributed by atoms with E-state index in [1.807, 2.05) is 19.1 Å². The summed E-state index contributed by atoms with van der Waals surface area (Å²) in [5.41, 5.74) is 3.19. The first-order valence-electron chi connectivity index (χ1n) is 8.06. The van der Waals surface area contributed by atoms with E-state index in [2.05, 4.69) is 27.3 Å². The van der Waals surface area contributed by atoms with E-state index in [9.17, 15) is 4.79 Å². The summed E-state index contributed by atoms with van der Waals surface area (Å²) in [7, 11) is 1.68. The Morgan fingerprint density at radius 2 is 2.26 bits per heavy atom. The summed E-state index contributed by atoms with van der Waals surface area (Å²) in [4.78, 5) is 18.7. The number of fused-ring (bicyclic) bond motifs is 1. The minimum Gasteiger partial charge on any atom is -0.494 e. The first-order chi connectivity index (χ1) is 11.1.